The molecular weight excluding hydrogens is 244 g/mol. The van der Waals surface area contributed by atoms with Crippen LogP contribution in [0.15, 0.2) is 30.9 Å². The molecule has 0 unspecified atom stereocenters. The van der Waals surface area contributed by atoms with Gasteiger partial charge in [-0.25, -0.2) is 4.98 Å². The second-order valence-electron chi connectivity index (χ2n) is 3.97. The topological polar surface area (TPSA) is 79.9 Å². The van der Waals surface area contributed by atoms with Crippen LogP contribution in [-0.4, -0.2) is 34.5 Å². The largest absolute Gasteiger partial charge is 0.494 e. The molecule has 6 nitrogen and oxygen atoms in total. The van der Waals surface area contributed by atoms with E-state index in [4.69, 9.17) is 4.74 Å². The number of nitrogens with zero attached hydrogens (tertiary/aromatic N) is 2. The van der Waals surface area contributed by atoms with E-state index in [1.54, 1.807) is 24.7 Å². The molecule has 0 fully saturated rings. The second kappa shape index (κ2) is 6.53. The average molecular weight is 260 g/mol. The number of rotatable bonds is 6. The van der Waals surface area contributed by atoms with Crippen LogP contribution in [0, 0.1) is 0 Å². The van der Waals surface area contributed by atoms with E-state index in [9.17, 15) is 4.79 Å². The Balaban J connectivity index is 1.81. The summed E-state index contributed by atoms with van der Waals surface area (Å²) in [6.07, 6.45) is 8.23. The van der Waals surface area contributed by atoms with E-state index in [1.807, 2.05) is 0 Å². The molecule has 2 rings (SSSR count). The molecule has 2 heterocycles. The van der Waals surface area contributed by atoms with Crippen molar-refractivity contribution in [2.45, 2.75) is 12.8 Å². The van der Waals surface area contributed by atoms with Gasteiger partial charge in [-0.1, -0.05) is 0 Å². The first-order valence-electron chi connectivity index (χ1n) is 6.05. The summed E-state index contributed by atoms with van der Waals surface area (Å²) in [5.41, 5.74) is 0.496. The lowest BCUT2D eigenvalue weighted by atomic mass is 10.2. The van der Waals surface area contributed by atoms with Crippen molar-refractivity contribution in [3.05, 3.63) is 42.2 Å². The zero-order chi connectivity index (χ0) is 13.5. The first-order valence-corrected chi connectivity index (χ1v) is 6.05. The zero-order valence-electron chi connectivity index (χ0n) is 10.7. The highest BCUT2D eigenvalue weighted by molar-refractivity contribution is 5.96. The smallest absolute Gasteiger partial charge is 0.255 e. The minimum Gasteiger partial charge on any atom is -0.494 e. The maximum Gasteiger partial charge on any atom is 0.255 e. The molecule has 2 N–H and O–H groups in total. The number of pyridine rings is 1. The lowest BCUT2D eigenvalue weighted by Gasteiger charge is -2.08. The molecule has 0 aliphatic rings. The third-order valence-electron chi connectivity index (χ3n) is 2.68. The van der Waals surface area contributed by atoms with Crippen molar-refractivity contribution >= 4 is 5.91 Å². The van der Waals surface area contributed by atoms with Crippen molar-refractivity contribution in [2.75, 3.05) is 13.7 Å². The SMILES string of the molecule is COc1cnccc1C(=O)NCCCc1ncc[nH]1. The number of amides is 1. The predicted molar refractivity (Wildman–Crippen MR) is 70.0 cm³/mol. The first-order chi connectivity index (χ1) is 9.31. The van der Waals surface area contributed by atoms with E-state index < -0.39 is 0 Å². The molecule has 2 aromatic heterocycles. The monoisotopic (exact) mass is 260 g/mol. The van der Waals surface area contributed by atoms with Crippen LogP contribution in [0.25, 0.3) is 0 Å². The van der Waals surface area contributed by atoms with E-state index in [0.29, 0.717) is 17.9 Å². The Labute approximate surface area is 111 Å². The number of hydrogen-bond donors (Lipinski definition) is 2. The number of hydrogen-bond acceptors (Lipinski definition) is 4. The van der Waals surface area contributed by atoms with Gasteiger partial charge in [0, 0.05) is 31.6 Å². The van der Waals surface area contributed by atoms with Crippen LogP contribution in [-0.2, 0) is 6.42 Å². The molecule has 1 amide bonds. The van der Waals surface area contributed by atoms with Gasteiger partial charge in [-0.15, -0.1) is 0 Å². The van der Waals surface area contributed by atoms with Gasteiger partial charge in [-0.3, -0.25) is 9.78 Å². The summed E-state index contributed by atoms with van der Waals surface area (Å²) in [7, 11) is 1.52. The highest BCUT2D eigenvalue weighted by atomic mass is 16.5. The number of ether oxygens (including phenoxy) is 1. The Morgan fingerprint density at radius 3 is 3.11 bits per heavy atom. The van der Waals surface area contributed by atoms with E-state index in [1.165, 1.54) is 13.3 Å². The first kappa shape index (κ1) is 13.1. The van der Waals surface area contributed by atoms with Gasteiger partial charge in [0.1, 0.15) is 11.6 Å². The van der Waals surface area contributed by atoms with Gasteiger partial charge in [0.2, 0.25) is 0 Å². The molecule has 0 bridgehead atoms. The van der Waals surface area contributed by atoms with E-state index in [2.05, 4.69) is 20.3 Å². The maximum absolute atomic E-state index is 11.9. The van der Waals surface area contributed by atoms with Crippen LogP contribution >= 0.6 is 0 Å². The molecule has 0 aromatic carbocycles. The van der Waals surface area contributed by atoms with Crippen molar-refractivity contribution in [1.29, 1.82) is 0 Å². The summed E-state index contributed by atoms with van der Waals surface area (Å²) in [6, 6.07) is 1.64. The minimum atomic E-state index is -0.154. The Bertz CT molecular complexity index is 525. The number of H-pyrrole nitrogens is 1. The molecule has 0 saturated carbocycles. The van der Waals surface area contributed by atoms with Crippen molar-refractivity contribution < 1.29 is 9.53 Å². The Morgan fingerprint density at radius 2 is 2.37 bits per heavy atom. The second-order valence-corrected chi connectivity index (χ2v) is 3.97. The highest BCUT2D eigenvalue weighted by Crippen LogP contribution is 2.15. The molecule has 2 aromatic rings. The number of carbonyl (C=O) groups is 1. The zero-order valence-corrected chi connectivity index (χ0v) is 10.7. The quantitative estimate of drug-likeness (QED) is 0.764. The summed E-state index contributed by atoms with van der Waals surface area (Å²) in [5, 5.41) is 2.85. The van der Waals surface area contributed by atoms with Gasteiger partial charge in [-0.2, -0.15) is 0 Å². The lowest BCUT2D eigenvalue weighted by Crippen LogP contribution is -2.25. The maximum atomic E-state index is 11.9. The molecule has 100 valence electrons. The fourth-order valence-electron chi connectivity index (χ4n) is 1.72. The van der Waals surface area contributed by atoms with Gasteiger partial charge < -0.3 is 15.0 Å². The predicted octanol–water partition coefficient (Wildman–Crippen LogP) is 1.18. The summed E-state index contributed by atoms with van der Waals surface area (Å²) < 4.78 is 5.09. The number of aromatic nitrogens is 3. The number of methoxy groups -OCH3 is 1. The van der Waals surface area contributed by atoms with E-state index in [-0.39, 0.29) is 5.91 Å². The van der Waals surface area contributed by atoms with Crippen molar-refractivity contribution in [2.24, 2.45) is 0 Å². The Kier molecular flexibility index (Phi) is 4.49. The van der Waals surface area contributed by atoms with Crippen molar-refractivity contribution in [3.8, 4) is 5.75 Å². The number of imidazole rings is 1. The number of carbonyl (C=O) groups excluding carboxylic acids is 1. The van der Waals surface area contributed by atoms with Crippen LogP contribution in [0.3, 0.4) is 0 Å². The molecule has 0 radical (unpaired) electrons. The molecule has 19 heavy (non-hydrogen) atoms. The average Bonchev–Trinajstić information content (AvgIpc) is 2.96. The van der Waals surface area contributed by atoms with E-state index in [0.717, 1.165) is 18.7 Å². The minimum absolute atomic E-state index is 0.154. The number of aryl methyl sites for hydroxylation is 1. The lowest BCUT2D eigenvalue weighted by molar-refractivity contribution is 0.0950. The third-order valence-corrected chi connectivity index (χ3v) is 2.68. The van der Waals surface area contributed by atoms with Gasteiger partial charge in [0.15, 0.2) is 0 Å². The van der Waals surface area contributed by atoms with E-state index >= 15 is 0 Å². The standard InChI is InChI=1S/C13H16N4O2/c1-19-11-9-14-6-4-10(11)13(18)17-5-2-3-12-15-7-8-16-12/h4,6-9H,2-3,5H2,1H3,(H,15,16)(H,17,18). The molecular formula is C13H16N4O2. The molecule has 6 heteroatoms. The molecule has 0 saturated heterocycles. The summed E-state index contributed by atoms with van der Waals surface area (Å²) in [4.78, 5) is 23.0. The van der Waals surface area contributed by atoms with Crippen molar-refractivity contribution in [1.82, 2.24) is 20.3 Å². The van der Waals surface area contributed by atoms with Gasteiger partial charge in [0.25, 0.3) is 5.91 Å². The van der Waals surface area contributed by atoms with Crippen LogP contribution in [0.5, 0.6) is 5.75 Å². The van der Waals surface area contributed by atoms with Gasteiger partial charge >= 0.3 is 0 Å². The van der Waals surface area contributed by atoms with Crippen molar-refractivity contribution in [3.63, 3.8) is 0 Å². The molecule has 0 aliphatic carbocycles. The van der Waals surface area contributed by atoms with Crippen LogP contribution < -0.4 is 10.1 Å². The fraction of sp³-hybridized carbons (Fsp3) is 0.308. The number of nitrogens with one attached hydrogen (secondary N) is 2. The summed E-state index contributed by atoms with van der Waals surface area (Å²) >= 11 is 0. The normalized spacial score (nSPS) is 10.2. The Morgan fingerprint density at radius 1 is 1.47 bits per heavy atom. The Hall–Kier alpha value is -2.37. The van der Waals surface area contributed by atoms with Gasteiger partial charge in [-0.05, 0) is 12.5 Å². The molecule has 0 aliphatic heterocycles. The van der Waals surface area contributed by atoms with Crippen LogP contribution in [0.1, 0.15) is 22.6 Å². The highest BCUT2D eigenvalue weighted by Gasteiger charge is 2.10. The fourth-order valence-corrected chi connectivity index (χ4v) is 1.72. The number of aromatic amines is 1. The molecule has 0 atom stereocenters. The third kappa shape index (κ3) is 3.54. The van der Waals surface area contributed by atoms with Crippen LogP contribution in [0.2, 0.25) is 0 Å². The summed E-state index contributed by atoms with van der Waals surface area (Å²) in [6.45, 7) is 0.588. The molecule has 0 spiro atoms. The summed E-state index contributed by atoms with van der Waals surface area (Å²) in [5.74, 6) is 1.25. The van der Waals surface area contributed by atoms with Gasteiger partial charge in [0.05, 0.1) is 18.9 Å². The van der Waals surface area contributed by atoms with Crippen LogP contribution in [0.4, 0.5) is 0 Å².